The van der Waals surface area contributed by atoms with E-state index in [1.807, 2.05) is 6.07 Å². The second kappa shape index (κ2) is 13.1. The molecule has 1 saturated carbocycles. The van der Waals surface area contributed by atoms with Crippen LogP contribution in [0.15, 0.2) is 78.4 Å². The Labute approximate surface area is 232 Å². The van der Waals surface area contributed by atoms with Gasteiger partial charge in [0.2, 0.25) is 0 Å². The number of carbonyl (C=O) groups excluding carboxylic acids is 1. The third kappa shape index (κ3) is 6.95. The summed E-state index contributed by atoms with van der Waals surface area (Å²) in [5.74, 6) is 0.962. The molecule has 0 bridgehead atoms. The zero-order chi connectivity index (χ0) is 27.0. The van der Waals surface area contributed by atoms with Gasteiger partial charge in [0.25, 0.3) is 5.91 Å². The molecule has 0 saturated heterocycles. The van der Waals surface area contributed by atoms with Crippen molar-refractivity contribution in [3.8, 4) is 16.9 Å². The van der Waals surface area contributed by atoms with Gasteiger partial charge >= 0.3 is 0 Å². The molecule has 2 aliphatic rings. The summed E-state index contributed by atoms with van der Waals surface area (Å²) in [5.41, 5.74) is 7.79. The molecule has 3 aromatic rings. The molecule has 1 heterocycles. The van der Waals surface area contributed by atoms with E-state index in [2.05, 4.69) is 82.3 Å². The monoisotopic (exact) mass is 525 g/mol. The Hall–Kier alpha value is -3.45. The van der Waals surface area contributed by atoms with Crippen molar-refractivity contribution >= 4 is 11.5 Å². The molecule has 1 aliphatic heterocycles. The smallest absolute Gasteiger partial charge is 0.251 e. The predicted molar refractivity (Wildman–Crippen MR) is 156 cm³/mol. The van der Waals surface area contributed by atoms with Crippen molar-refractivity contribution in [1.29, 1.82) is 0 Å². The van der Waals surface area contributed by atoms with Gasteiger partial charge in [-0.1, -0.05) is 54.6 Å². The van der Waals surface area contributed by atoms with Crippen molar-refractivity contribution in [3.05, 3.63) is 95.1 Å². The lowest BCUT2D eigenvalue weighted by Crippen LogP contribution is -2.39. The highest BCUT2D eigenvalue weighted by Crippen LogP contribution is 2.34. The maximum atomic E-state index is 14.2. The highest BCUT2D eigenvalue weighted by Gasteiger charge is 2.35. The van der Waals surface area contributed by atoms with Crippen molar-refractivity contribution in [1.82, 2.24) is 15.5 Å². The van der Waals surface area contributed by atoms with Gasteiger partial charge in [0.05, 0.1) is 13.7 Å². The fourth-order valence-corrected chi connectivity index (χ4v) is 5.29. The minimum absolute atomic E-state index is 0.146. The van der Waals surface area contributed by atoms with E-state index in [-0.39, 0.29) is 5.91 Å². The number of amides is 1. The SMILES string of the molecule is COCCNCc1cc(CN(C(=O)C2=C(c3cccc(-c4ccccc4)c3)CCNC2)C2CC2)cc(OC)c1. The van der Waals surface area contributed by atoms with Crippen LogP contribution in [0, 0.1) is 0 Å². The van der Waals surface area contributed by atoms with Crippen LogP contribution in [0.5, 0.6) is 5.75 Å². The minimum atomic E-state index is 0.146. The van der Waals surface area contributed by atoms with Crippen LogP contribution in [0.25, 0.3) is 16.7 Å². The van der Waals surface area contributed by atoms with Crippen LogP contribution in [-0.2, 0) is 22.6 Å². The van der Waals surface area contributed by atoms with Crippen LogP contribution in [0.3, 0.4) is 0 Å². The molecule has 0 radical (unpaired) electrons. The maximum Gasteiger partial charge on any atom is 0.251 e. The van der Waals surface area contributed by atoms with Gasteiger partial charge in [-0.25, -0.2) is 0 Å². The first-order valence-corrected chi connectivity index (χ1v) is 13.9. The van der Waals surface area contributed by atoms with Crippen molar-refractivity contribution in [2.75, 3.05) is 40.5 Å². The first kappa shape index (κ1) is 27.1. The zero-order valence-corrected chi connectivity index (χ0v) is 23.0. The Morgan fingerprint density at radius 3 is 2.49 bits per heavy atom. The molecule has 0 aromatic heterocycles. The zero-order valence-electron chi connectivity index (χ0n) is 23.0. The quantitative estimate of drug-likeness (QED) is 0.325. The Morgan fingerprint density at radius 1 is 0.949 bits per heavy atom. The van der Waals surface area contributed by atoms with Gasteiger partial charge in [-0.3, -0.25) is 4.79 Å². The van der Waals surface area contributed by atoms with E-state index in [1.54, 1.807) is 14.2 Å². The molecule has 1 aliphatic carbocycles. The number of nitrogens with zero attached hydrogens (tertiary/aromatic N) is 1. The largest absolute Gasteiger partial charge is 0.497 e. The summed E-state index contributed by atoms with van der Waals surface area (Å²) in [4.78, 5) is 16.3. The molecule has 5 rings (SSSR count). The summed E-state index contributed by atoms with van der Waals surface area (Å²) >= 11 is 0. The molecule has 6 heteroatoms. The lowest BCUT2D eigenvalue weighted by atomic mass is 9.91. The second-order valence-corrected chi connectivity index (χ2v) is 10.4. The van der Waals surface area contributed by atoms with Crippen LogP contribution in [0.2, 0.25) is 0 Å². The number of rotatable bonds is 12. The van der Waals surface area contributed by atoms with Crippen LogP contribution >= 0.6 is 0 Å². The fraction of sp³-hybridized carbons (Fsp3) is 0.364. The van der Waals surface area contributed by atoms with Gasteiger partial charge in [0.15, 0.2) is 0 Å². The second-order valence-electron chi connectivity index (χ2n) is 10.4. The molecule has 0 atom stereocenters. The summed E-state index contributed by atoms with van der Waals surface area (Å²) in [6.07, 6.45) is 2.95. The van der Waals surface area contributed by atoms with Crippen LogP contribution in [0.4, 0.5) is 0 Å². The topological polar surface area (TPSA) is 62.8 Å². The molecule has 0 spiro atoms. The predicted octanol–water partition coefficient (Wildman–Crippen LogP) is 5.04. The third-order valence-electron chi connectivity index (χ3n) is 7.47. The van der Waals surface area contributed by atoms with Crippen molar-refractivity contribution in [3.63, 3.8) is 0 Å². The number of benzene rings is 3. The Bertz CT molecular complexity index is 1300. The van der Waals surface area contributed by atoms with E-state index in [1.165, 1.54) is 11.1 Å². The number of nitrogens with one attached hydrogen (secondary N) is 2. The molecular weight excluding hydrogens is 486 g/mol. The Balaban J connectivity index is 1.41. The van der Waals surface area contributed by atoms with Crippen molar-refractivity contribution in [2.45, 2.75) is 38.4 Å². The standard InChI is InChI=1S/C33H39N3O3/c1-38-16-15-35-21-24-17-25(19-30(18-24)39-2)23-36(29-11-12-29)33(37)32-22-34-14-13-31(32)28-10-6-9-27(20-28)26-7-4-3-5-8-26/h3-10,17-20,29,34-35H,11-16,21-23H2,1-2H3. The summed E-state index contributed by atoms with van der Waals surface area (Å²) in [6, 6.07) is 25.6. The van der Waals surface area contributed by atoms with E-state index in [0.717, 1.165) is 72.5 Å². The van der Waals surface area contributed by atoms with E-state index >= 15 is 0 Å². The maximum absolute atomic E-state index is 14.2. The van der Waals surface area contributed by atoms with E-state index in [0.29, 0.717) is 25.7 Å². The lowest BCUT2D eigenvalue weighted by molar-refractivity contribution is -0.128. The van der Waals surface area contributed by atoms with Crippen LogP contribution in [-0.4, -0.2) is 57.3 Å². The van der Waals surface area contributed by atoms with E-state index in [9.17, 15) is 4.79 Å². The van der Waals surface area contributed by atoms with Gasteiger partial charge in [0.1, 0.15) is 5.75 Å². The molecule has 6 nitrogen and oxygen atoms in total. The first-order valence-electron chi connectivity index (χ1n) is 13.9. The van der Waals surface area contributed by atoms with Crippen LogP contribution in [0.1, 0.15) is 36.0 Å². The summed E-state index contributed by atoms with van der Waals surface area (Å²) in [7, 11) is 3.40. The first-order chi connectivity index (χ1) is 19.2. The number of methoxy groups -OCH3 is 2. The molecule has 204 valence electrons. The van der Waals surface area contributed by atoms with Gasteiger partial charge in [-0.15, -0.1) is 0 Å². The molecule has 2 N–H and O–H groups in total. The third-order valence-corrected chi connectivity index (χ3v) is 7.47. The lowest BCUT2D eigenvalue weighted by Gasteiger charge is -2.28. The molecule has 1 amide bonds. The van der Waals surface area contributed by atoms with Gasteiger partial charge < -0.3 is 25.0 Å². The average molecular weight is 526 g/mol. The number of ether oxygens (including phenoxy) is 2. The summed E-state index contributed by atoms with van der Waals surface area (Å²) in [5, 5.41) is 6.86. The van der Waals surface area contributed by atoms with Crippen molar-refractivity contribution in [2.24, 2.45) is 0 Å². The summed E-state index contributed by atoms with van der Waals surface area (Å²) < 4.78 is 10.8. The van der Waals surface area contributed by atoms with Gasteiger partial charge in [-0.2, -0.15) is 0 Å². The highest BCUT2D eigenvalue weighted by atomic mass is 16.5. The molecule has 39 heavy (non-hydrogen) atoms. The van der Waals surface area contributed by atoms with Crippen LogP contribution < -0.4 is 15.4 Å². The number of carbonyl (C=O) groups is 1. The normalized spacial score (nSPS) is 15.3. The van der Waals surface area contributed by atoms with E-state index in [4.69, 9.17) is 9.47 Å². The Kier molecular flexibility index (Phi) is 9.09. The molecular formula is C33H39N3O3. The minimum Gasteiger partial charge on any atom is -0.497 e. The molecule has 1 fully saturated rings. The number of hydrogen-bond acceptors (Lipinski definition) is 5. The van der Waals surface area contributed by atoms with Gasteiger partial charge in [-0.05, 0) is 77.4 Å². The number of hydrogen-bond donors (Lipinski definition) is 2. The Morgan fingerprint density at radius 2 is 1.72 bits per heavy atom. The molecule has 3 aromatic carbocycles. The fourth-order valence-electron chi connectivity index (χ4n) is 5.29. The average Bonchev–Trinajstić information content (AvgIpc) is 3.84. The van der Waals surface area contributed by atoms with E-state index < -0.39 is 0 Å². The van der Waals surface area contributed by atoms with Gasteiger partial charge in [0, 0.05) is 44.9 Å². The van der Waals surface area contributed by atoms with Crippen molar-refractivity contribution < 1.29 is 14.3 Å². The summed E-state index contributed by atoms with van der Waals surface area (Å²) in [6.45, 7) is 4.22. The highest BCUT2D eigenvalue weighted by molar-refractivity contribution is 6.02. The molecule has 0 unspecified atom stereocenters.